The maximum Gasteiger partial charge on any atom is 0.311 e. The van der Waals surface area contributed by atoms with Crippen LogP contribution >= 0.6 is 0 Å². The van der Waals surface area contributed by atoms with Gasteiger partial charge in [-0.15, -0.1) is 0 Å². The Balaban J connectivity index is 1.52. The highest BCUT2D eigenvalue weighted by molar-refractivity contribution is 5.86. The summed E-state index contributed by atoms with van der Waals surface area (Å²) in [7, 11) is 3.13. The molecule has 3 heterocycles. The number of aliphatic hydroxyl groups is 1. The van der Waals surface area contributed by atoms with Gasteiger partial charge in [0.1, 0.15) is 5.75 Å². The first-order valence-electron chi connectivity index (χ1n) is 10.3. The molecule has 1 saturated heterocycles. The van der Waals surface area contributed by atoms with Gasteiger partial charge in [0.15, 0.2) is 0 Å². The minimum absolute atomic E-state index is 0.171. The maximum absolute atomic E-state index is 12.4. The molecular weight excluding hydrogens is 356 g/mol. The molecule has 3 aliphatic rings. The predicted octanol–water partition coefficient (Wildman–Crippen LogP) is 2.66. The van der Waals surface area contributed by atoms with Gasteiger partial charge >= 0.3 is 5.97 Å². The zero-order valence-electron chi connectivity index (χ0n) is 16.5. The monoisotopic (exact) mass is 384 g/mol. The van der Waals surface area contributed by atoms with Crippen molar-refractivity contribution in [2.75, 3.05) is 27.3 Å². The van der Waals surface area contributed by atoms with Gasteiger partial charge in [0.2, 0.25) is 0 Å². The maximum atomic E-state index is 12.4. The van der Waals surface area contributed by atoms with E-state index in [4.69, 9.17) is 9.47 Å². The van der Waals surface area contributed by atoms with Crippen LogP contribution in [0, 0.1) is 17.8 Å². The van der Waals surface area contributed by atoms with Gasteiger partial charge in [-0.05, 0) is 61.3 Å². The van der Waals surface area contributed by atoms with E-state index in [-0.39, 0.29) is 17.9 Å². The first-order valence-corrected chi connectivity index (χ1v) is 10.3. The number of esters is 1. The molecule has 1 aliphatic carbocycles. The molecular formula is C22H28N2O4. The zero-order chi connectivity index (χ0) is 19.4. The Kier molecular flexibility index (Phi) is 4.36. The van der Waals surface area contributed by atoms with Gasteiger partial charge in [0.05, 0.1) is 32.3 Å². The lowest BCUT2D eigenvalue weighted by Crippen LogP contribution is -2.53. The molecule has 0 radical (unpaired) electrons. The molecule has 5 atom stereocenters. The second-order valence-corrected chi connectivity index (χ2v) is 8.54. The molecule has 5 rings (SSSR count). The van der Waals surface area contributed by atoms with E-state index in [1.54, 1.807) is 7.11 Å². The summed E-state index contributed by atoms with van der Waals surface area (Å²) in [5.74, 6) is 0.842. The van der Waals surface area contributed by atoms with Crippen LogP contribution in [0.3, 0.4) is 0 Å². The number of benzene rings is 1. The number of nitrogens with zero attached hydrogens (tertiary/aromatic N) is 1. The highest BCUT2D eigenvalue weighted by atomic mass is 16.5. The summed E-state index contributed by atoms with van der Waals surface area (Å²) in [6.07, 6.45) is 3.00. The summed E-state index contributed by atoms with van der Waals surface area (Å²) in [6, 6.07) is 6.46. The first-order chi connectivity index (χ1) is 13.6. The predicted molar refractivity (Wildman–Crippen MR) is 105 cm³/mol. The van der Waals surface area contributed by atoms with E-state index < -0.39 is 12.0 Å². The molecule has 1 saturated carbocycles. The normalized spacial score (nSPS) is 32.3. The largest absolute Gasteiger partial charge is 0.497 e. The average Bonchev–Trinajstić information content (AvgIpc) is 3.10. The van der Waals surface area contributed by atoms with E-state index in [0.29, 0.717) is 12.3 Å². The Morgan fingerprint density at radius 3 is 2.93 bits per heavy atom. The Morgan fingerprint density at radius 2 is 2.14 bits per heavy atom. The van der Waals surface area contributed by atoms with Crippen molar-refractivity contribution in [1.82, 2.24) is 9.88 Å². The van der Waals surface area contributed by atoms with E-state index in [9.17, 15) is 9.90 Å². The van der Waals surface area contributed by atoms with Gasteiger partial charge in [-0.2, -0.15) is 0 Å². The van der Waals surface area contributed by atoms with Crippen LogP contribution in [0.1, 0.15) is 36.6 Å². The molecule has 28 heavy (non-hydrogen) atoms. The molecule has 6 heteroatoms. The second-order valence-electron chi connectivity index (χ2n) is 8.54. The van der Waals surface area contributed by atoms with E-state index in [0.717, 1.165) is 43.6 Å². The third-order valence-electron chi connectivity index (χ3n) is 7.32. The van der Waals surface area contributed by atoms with E-state index in [1.165, 1.54) is 23.8 Å². The molecule has 150 valence electrons. The molecule has 0 bridgehead atoms. The molecule has 2 fully saturated rings. The van der Waals surface area contributed by atoms with Crippen molar-refractivity contribution in [3.05, 3.63) is 29.5 Å². The number of hydrogen-bond acceptors (Lipinski definition) is 5. The number of piperidine rings is 1. The van der Waals surface area contributed by atoms with Crippen molar-refractivity contribution in [1.29, 1.82) is 0 Å². The van der Waals surface area contributed by atoms with Crippen molar-refractivity contribution in [3.8, 4) is 5.75 Å². The number of rotatable bonds is 2. The summed E-state index contributed by atoms with van der Waals surface area (Å²) in [6.45, 7) is 2.03. The zero-order valence-corrected chi connectivity index (χ0v) is 16.5. The molecule has 0 unspecified atom stereocenters. The van der Waals surface area contributed by atoms with Crippen LogP contribution in [-0.4, -0.2) is 54.4 Å². The fraction of sp³-hybridized carbons (Fsp3) is 0.591. The van der Waals surface area contributed by atoms with Crippen molar-refractivity contribution in [2.24, 2.45) is 17.8 Å². The van der Waals surface area contributed by atoms with Crippen LogP contribution in [0.4, 0.5) is 0 Å². The molecule has 2 N–H and O–H groups in total. The van der Waals surface area contributed by atoms with Crippen LogP contribution in [0.25, 0.3) is 10.9 Å². The Labute approximate surface area is 164 Å². The van der Waals surface area contributed by atoms with Gasteiger partial charge in [-0.1, -0.05) is 0 Å². The van der Waals surface area contributed by atoms with Gasteiger partial charge in [-0.3, -0.25) is 9.69 Å². The van der Waals surface area contributed by atoms with Crippen LogP contribution in [-0.2, 0) is 16.0 Å². The summed E-state index contributed by atoms with van der Waals surface area (Å²) < 4.78 is 10.5. The van der Waals surface area contributed by atoms with Crippen LogP contribution in [0.5, 0.6) is 5.75 Å². The number of carbonyl (C=O) groups is 1. The average molecular weight is 384 g/mol. The third kappa shape index (κ3) is 2.65. The van der Waals surface area contributed by atoms with E-state index in [1.807, 2.05) is 6.07 Å². The lowest BCUT2D eigenvalue weighted by atomic mass is 9.65. The Hall–Kier alpha value is -2.05. The fourth-order valence-electron chi connectivity index (χ4n) is 5.96. The van der Waals surface area contributed by atoms with Gasteiger partial charge in [0, 0.05) is 29.7 Å². The molecule has 1 aromatic carbocycles. The number of carbonyl (C=O) groups excluding carboxylic acids is 1. The highest BCUT2D eigenvalue weighted by Crippen LogP contribution is 2.49. The second kappa shape index (κ2) is 6.78. The number of methoxy groups -OCH3 is 2. The minimum atomic E-state index is -0.588. The molecule has 0 spiro atoms. The SMILES string of the molecule is COC(=O)[C@H]1[C@@H]2C[C@H]3c4[nH]c5ccc(OC)cc5c4CCN3C[C@H]2CC[C@@H]1O. The number of H-pyrrole nitrogens is 1. The Bertz CT molecular complexity index is 907. The van der Waals surface area contributed by atoms with Crippen molar-refractivity contribution in [2.45, 2.75) is 37.8 Å². The number of ether oxygens (including phenoxy) is 2. The van der Waals surface area contributed by atoms with Crippen molar-refractivity contribution in [3.63, 3.8) is 0 Å². The lowest BCUT2D eigenvalue weighted by molar-refractivity contribution is -0.160. The standard InChI is InChI=1S/C22H28N2O4/c1-27-13-4-5-17-16(9-13)14-7-8-24-11-12-3-6-19(25)20(22(26)28-2)15(12)10-18(24)21(14)23-17/h4-5,9,12,15,18-20,23,25H,3,6-8,10-11H2,1-2H3/t12-,15-,18+,19+,20+/m1/s1. The van der Waals surface area contributed by atoms with Gasteiger partial charge < -0.3 is 19.6 Å². The minimum Gasteiger partial charge on any atom is -0.497 e. The first kappa shape index (κ1) is 18.0. The van der Waals surface area contributed by atoms with Crippen LogP contribution in [0.2, 0.25) is 0 Å². The topological polar surface area (TPSA) is 74.8 Å². The van der Waals surface area contributed by atoms with Crippen molar-refractivity contribution < 1.29 is 19.4 Å². The molecule has 6 nitrogen and oxygen atoms in total. The number of aliphatic hydroxyl groups excluding tert-OH is 1. The smallest absolute Gasteiger partial charge is 0.311 e. The summed E-state index contributed by atoms with van der Waals surface area (Å²) in [5, 5.41) is 11.8. The summed E-state index contributed by atoms with van der Waals surface area (Å²) >= 11 is 0. The number of aromatic amines is 1. The number of aromatic nitrogens is 1. The van der Waals surface area contributed by atoms with Gasteiger partial charge in [0.25, 0.3) is 0 Å². The van der Waals surface area contributed by atoms with Crippen LogP contribution < -0.4 is 4.74 Å². The number of hydrogen-bond donors (Lipinski definition) is 2. The van der Waals surface area contributed by atoms with Crippen LogP contribution in [0.15, 0.2) is 18.2 Å². The van der Waals surface area contributed by atoms with Crippen molar-refractivity contribution >= 4 is 16.9 Å². The number of nitrogens with one attached hydrogen (secondary N) is 1. The van der Waals surface area contributed by atoms with E-state index in [2.05, 4.69) is 22.0 Å². The highest BCUT2D eigenvalue weighted by Gasteiger charge is 2.49. The quantitative estimate of drug-likeness (QED) is 0.779. The Morgan fingerprint density at radius 1 is 1.29 bits per heavy atom. The lowest BCUT2D eigenvalue weighted by Gasteiger charge is -2.50. The fourth-order valence-corrected chi connectivity index (χ4v) is 5.96. The number of fused-ring (bicyclic) bond motifs is 6. The third-order valence-corrected chi connectivity index (χ3v) is 7.32. The molecule has 2 aromatic rings. The summed E-state index contributed by atoms with van der Waals surface area (Å²) in [5.41, 5.74) is 3.79. The molecule has 2 aliphatic heterocycles. The molecule has 1 aromatic heterocycles. The van der Waals surface area contributed by atoms with E-state index >= 15 is 0 Å². The molecule has 0 amide bonds. The van der Waals surface area contributed by atoms with Gasteiger partial charge in [-0.25, -0.2) is 0 Å². The summed E-state index contributed by atoms with van der Waals surface area (Å²) in [4.78, 5) is 18.7.